The Kier molecular flexibility index (Phi) is 4.75. The van der Waals surface area contributed by atoms with Crippen LogP contribution in [-0.2, 0) is 4.79 Å². The highest BCUT2D eigenvalue weighted by molar-refractivity contribution is 5.89. The summed E-state index contributed by atoms with van der Waals surface area (Å²) in [7, 11) is 1.84. The fourth-order valence-corrected chi connectivity index (χ4v) is 2.47. The lowest BCUT2D eigenvalue weighted by molar-refractivity contribution is -0.116. The van der Waals surface area contributed by atoms with Gasteiger partial charge in [-0.05, 0) is 19.9 Å². The molecule has 1 saturated carbocycles. The lowest BCUT2D eigenvalue weighted by atomic mass is 9.87. The molecule has 0 bridgehead atoms. The van der Waals surface area contributed by atoms with Gasteiger partial charge in [-0.3, -0.25) is 9.89 Å². The molecule has 0 saturated heterocycles. The van der Waals surface area contributed by atoms with Crippen LogP contribution < -0.4 is 10.6 Å². The molecule has 0 unspecified atom stereocenters. The van der Waals surface area contributed by atoms with Gasteiger partial charge in [0.05, 0.1) is 0 Å². The molecule has 1 aliphatic carbocycles. The second-order valence-electron chi connectivity index (χ2n) is 4.95. The molecule has 3 N–H and O–H groups in total. The number of aromatic amines is 1. The van der Waals surface area contributed by atoms with Crippen molar-refractivity contribution in [2.24, 2.45) is 0 Å². The van der Waals surface area contributed by atoms with Crippen LogP contribution in [0.2, 0.25) is 0 Å². The molecule has 0 spiro atoms. The number of amides is 1. The van der Waals surface area contributed by atoms with Crippen LogP contribution in [0.3, 0.4) is 0 Å². The Labute approximate surface area is 108 Å². The minimum Gasteiger partial charge on any atom is -0.319 e. The number of carbonyl (C=O) groups is 1. The molecule has 1 aromatic heterocycles. The summed E-state index contributed by atoms with van der Waals surface area (Å²) in [4.78, 5) is 11.6. The van der Waals surface area contributed by atoms with Crippen molar-refractivity contribution in [3.63, 3.8) is 0 Å². The van der Waals surface area contributed by atoms with Crippen molar-refractivity contribution >= 4 is 11.7 Å². The Morgan fingerprint density at radius 3 is 2.94 bits per heavy atom. The summed E-state index contributed by atoms with van der Waals surface area (Å²) in [6, 6.07) is 1.98. The lowest BCUT2D eigenvalue weighted by Gasteiger charge is -2.19. The average molecular weight is 250 g/mol. The smallest absolute Gasteiger partial charge is 0.226 e. The first-order valence-corrected chi connectivity index (χ1v) is 6.79. The van der Waals surface area contributed by atoms with Gasteiger partial charge < -0.3 is 10.6 Å². The number of hydrogen-bond acceptors (Lipinski definition) is 3. The minimum atomic E-state index is 0.00560. The van der Waals surface area contributed by atoms with Crippen molar-refractivity contribution in [2.45, 2.75) is 44.4 Å². The molecule has 2 rings (SSSR count). The zero-order valence-corrected chi connectivity index (χ0v) is 11.0. The third kappa shape index (κ3) is 3.57. The predicted octanol–water partition coefficient (Wildman–Crippen LogP) is 2.01. The van der Waals surface area contributed by atoms with E-state index in [4.69, 9.17) is 0 Å². The fraction of sp³-hybridized carbons (Fsp3) is 0.692. The number of H-pyrrole nitrogens is 1. The van der Waals surface area contributed by atoms with E-state index in [9.17, 15) is 4.79 Å². The molecule has 1 heterocycles. The van der Waals surface area contributed by atoms with Crippen molar-refractivity contribution in [1.82, 2.24) is 15.5 Å². The molecule has 1 amide bonds. The van der Waals surface area contributed by atoms with Gasteiger partial charge >= 0.3 is 0 Å². The van der Waals surface area contributed by atoms with Gasteiger partial charge in [-0.15, -0.1) is 0 Å². The number of rotatable bonds is 5. The van der Waals surface area contributed by atoms with Crippen LogP contribution >= 0.6 is 0 Å². The highest BCUT2D eigenvalue weighted by atomic mass is 16.1. The standard InChI is InChI=1S/C13H22N4O/c1-14-8-7-13(18)15-12-9-11(16-17-12)10-5-3-2-4-6-10/h9-10,14H,2-8H2,1H3,(H2,15,16,17,18). The van der Waals surface area contributed by atoms with Gasteiger partial charge in [0, 0.05) is 30.6 Å². The first-order valence-electron chi connectivity index (χ1n) is 6.79. The van der Waals surface area contributed by atoms with E-state index >= 15 is 0 Å². The summed E-state index contributed by atoms with van der Waals surface area (Å²) < 4.78 is 0. The van der Waals surface area contributed by atoms with Gasteiger partial charge in [-0.1, -0.05) is 19.3 Å². The number of nitrogens with zero attached hydrogens (tertiary/aromatic N) is 1. The molecular weight excluding hydrogens is 228 g/mol. The van der Waals surface area contributed by atoms with Crippen LogP contribution in [0.5, 0.6) is 0 Å². The molecule has 100 valence electrons. The highest BCUT2D eigenvalue weighted by Gasteiger charge is 2.18. The van der Waals surface area contributed by atoms with E-state index in [1.54, 1.807) is 0 Å². The summed E-state index contributed by atoms with van der Waals surface area (Å²) in [5.41, 5.74) is 1.17. The van der Waals surface area contributed by atoms with Gasteiger partial charge in [0.25, 0.3) is 0 Å². The minimum absolute atomic E-state index is 0.00560. The number of nitrogens with one attached hydrogen (secondary N) is 3. The van der Waals surface area contributed by atoms with Crippen LogP contribution in [0.1, 0.15) is 50.1 Å². The van der Waals surface area contributed by atoms with Crippen LogP contribution in [0.4, 0.5) is 5.82 Å². The molecule has 0 aliphatic heterocycles. The topological polar surface area (TPSA) is 69.8 Å². The van der Waals surface area contributed by atoms with Crippen molar-refractivity contribution < 1.29 is 4.79 Å². The summed E-state index contributed by atoms with van der Waals surface area (Å²) in [6.45, 7) is 0.686. The van der Waals surface area contributed by atoms with Crippen molar-refractivity contribution in [3.8, 4) is 0 Å². The monoisotopic (exact) mass is 250 g/mol. The average Bonchev–Trinajstić information content (AvgIpc) is 2.86. The second kappa shape index (κ2) is 6.54. The highest BCUT2D eigenvalue weighted by Crippen LogP contribution is 2.32. The van der Waals surface area contributed by atoms with Gasteiger partial charge in [-0.25, -0.2) is 0 Å². The lowest BCUT2D eigenvalue weighted by Crippen LogP contribution is -2.18. The normalized spacial score (nSPS) is 16.7. The largest absolute Gasteiger partial charge is 0.319 e. The maximum absolute atomic E-state index is 11.6. The zero-order chi connectivity index (χ0) is 12.8. The van der Waals surface area contributed by atoms with Crippen LogP contribution in [-0.4, -0.2) is 29.7 Å². The molecule has 1 aromatic rings. The Balaban J connectivity index is 1.87. The number of carbonyl (C=O) groups excluding carboxylic acids is 1. The Hall–Kier alpha value is -1.36. The van der Waals surface area contributed by atoms with Crippen LogP contribution in [0, 0.1) is 0 Å². The van der Waals surface area contributed by atoms with Crippen molar-refractivity contribution in [3.05, 3.63) is 11.8 Å². The van der Waals surface area contributed by atoms with Gasteiger partial charge in [0.1, 0.15) is 0 Å². The zero-order valence-electron chi connectivity index (χ0n) is 11.0. The van der Waals surface area contributed by atoms with E-state index in [-0.39, 0.29) is 5.91 Å². The van der Waals surface area contributed by atoms with Gasteiger partial charge in [0.2, 0.25) is 5.91 Å². The summed E-state index contributed by atoms with van der Waals surface area (Å²) in [5.74, 6) is 1.25. The van der Waals surface area contributed by atoms with E-state index < -0.39 is 0 Å². The summed E-state index contributed by atoms with van der Waals surface area (Å²) in [5, 5.41) is 13.0. The van der Waals surface area contributed by atoms with E-state index in [0.29, 0.717) is 24.7 Å². The Morgan fingerprint density at radius 2 is 2.22 bits per heavy atom. The SMILES string of the molecule is CNCCC(=O)Nc1cc(C2CCCCC2)[nH]n1. The quantitative estimate of drug-likeness (QED) is 0.748. The van der Waals surface area contributed by atoms with E-state index in [1.165, 1.54) is 37.8 Å². The molecule has 1 fully saturated rings. The van der Waals surface area contributed by atoms with E-state index in [0.717, 1.165) is 0 Å². The van der Waals surface area contributed by atoms with Crippen molar-refractivity contribution in [2.75, 3.05) is 18.9 Å². The maximum Gasteiger partial charge on any atom is 0.226 e. The molecule has 5 heteroatoms. The maximum atomic E-state index is 11.6. The number of anilines is 1. The molecule has 0 atom stereocenters. The first-order chi connectivity index (χ1) is 8.79. The van der Waals surface area contributed by atoms with Crippen LogP contribution in [0.15, 0.2) is 6.07 Å². The Bertz CT molecular complexity index is 382. The third-order valence-electron chi connectivity index (χ3n) is 3.51. The molecule has 5 nitrogen and oxygen atoms in total. The van der Waals surface area contributed by atoms with Gasteiger partial charge in [0.15, 0.2) is 5.82 Å². The van der Waals surface area contributed by atoms with E-state index in [1.807, 2.05) is 13.1 Å². The Morgan fingerprint density at radius 1 is 1.44 bits per heavy atom. The van der Waals surface area contributed by atoms with Gasteiger partial charge in [-0.2, -0.15) is 5.10 Å². The summed E-state index contributed by atoms with van der Waals surface area (Å²) in [6.07, 6.45) is 6.88. The summed E-state index contributed by atoms with van der Waals surface area (Å²) >= 11 is 0. The number of hydrogen-bond donors (Lipinski definition) is 3. The fourth-order valence-electron chi connectivity index (χ4n) is 2.47. The molecule has 1 aliphatic rings. The van der Waals surface area contributed by atoms with Crippen LogP contribution in [0.25, 0.3) is 0 Å². The molecule has 18 heavy (non-hydrogen) atoms. The van der Waals surface area contributed by atoms with E-state index in [2.05, 4.69) is 20.8 Å². The second-order valence-corrected chi connectivity index (χ2v) is 4.95. The van der Waals surface area contributed by atoms with Crippen molar-refractivity contribution in [1.29, 1.82) is 0 Å². The third-order valence-corrected chi connectivity index (χ3v) is 3.51. The number of aromatic nitrogens is 2. The first kappa shape index (κ1) is 13.1. The molecule has 0 radical (unpaired) electrons. The molecular formula is C13H22N4O. The molecule has 0 aromatic carbocycles. The predicted molar refractivity (Wildman–Crippen MR) is 71.6 cm³/mol.